The quantitative estimate of drug-likeness (QED) is 0.160. The molecule has 0 aromatic heterocycles. The lowest BCUT2D eigenvalue weighted by Crippen LogP contribution is -2.18. The fraction of sp³-hybridized carbons (Fsp3) is 0.213. The van der Waals surface area contributed by atoms with Gasteiger partial charge in [-0.15, -0.1) is 0 Å². The molecule has 4 nitrogen and oxygen atoms in total. The Morgan fingerprint density at radius 2 is 0.631 bits per heavy atom. The van der Waals surface area contributed by atoms with Crippen LogP contribution < -0.4 is 20.1 Å². The Morgan fingerprint density at radius 3 is 0.938 bits per heavy atom. The Hall–Kier alpha value is -7.04. The third kappa shape index (κ3) is 8.78. The van der Waals surface area contributed by atoms with Gasteiger partial charge < -0.3 is 20.1 Å². The largest absolute Gasteiger partial charge is 0.493 e. The minimum Gasteiger partial charge on any atom is -0.493 e. The van der Waals surface area contributed by atoms with Crippen LogP contribution in [0, 0.1) is 0 Å². The summed E-state index contributed by atoms with van der Waals surface area (Å²) in [4.78, 5) is 0. The first-order valence-electron chi connectivity index (χ1n) is 23.7. The molecule has 0 saturated heterocycles. The molecule has 8 aromatic rings. The van der Waals surface area contributed by atoms with Crippen LogP contribution in [0.4, 0.5) is 11.4 Å². The fourth-order valence-corrected chi connectivity index (χ4v) is 10.0. The van der Waals surface area contributed by atoms with Gasteiger partial charge in [0.25, 0.3) is 0 Å². The summed E-state index contributed by atoms with van der Waals surface area (Å²) < 4.78 is 12.7. The molecule has 0 aliphatic carbocycles. The van der Waals surface area contributed by atoms with Crippen molar-refractivity contribution in [3.63, 3.8) is 0 Å². The Kier molecular flexibility index (Phi) is 13.4. The fourth-order valence-electron chi connectivity index (χ4n) is 10.0. The number of fused-ring (bicyclic) bond motifs is 6. The van der Waals surface area contributed by atoms with Gasteiger partial charge >= 0.3 is 0 Å². The smallest absolute Gasteiger partial charge is 0.127 e. The Bertz CT molecular complexity index is 2670. The minimum absolute atomic E-state index is 0.655. The summed E-state index contributed by atoms with van der Waals surface area (Å²) in [5, 5.41) is 7.41. The predicted octanol–water partition coefficient (Wildman–Crippen LogP) is 15.6. The summed E-state index contributed by atoms with van der Waals surface area (Å²) in [6.07, 6.45) is 4.65. The molecule has 4 heteroatoms. The number of hydrogen-bond acceptors (Lipinski definition) is 4. The van der Waals surface area contributed by atoms with E-state index < -0.39 is 0 Å². The van der Waals surface area contributed by atoms with E-state index >= 15 is 0 Å². The lowest BCUT2D eigenvalue weighted by Gasteiger charge is -2.28. The summed E-state index contributed by atoms with van der Waals surface area (Å²) in [5.74, 6) is 1.91. The molecule has 0 saturated carbocycles. The van der Waals surface area contributed by atoms with Gasteiger partial charge in [-0.2, -0.15) is 0 Å². The highest BCUT2D eigenvalue weighted by atomic mass is 16.5. The van der Waals surface area contributed by atoms with Crippen molar-refractivity contribution in [3.8, 4) is 78.3 Å². The maximum atomic E-state index is 6.36. The number of nitrogens with one attached hydrogen (secondary N) is 2. The van der Waals surface area contributed by atoms with Gasteiger partial charge in [0.05, 0.1) is 13.2 Å². The molecule has 0 amide bonds. The van der Waals surface area contributed by atoms with Crippen molar-refractivity contribution in [3.05, 3.63) is 192 Å². The molecule has 8 aromatic carbocycles. The van der Waals surface area contributed by atoms with E-state index in [1.165, 1.54) is 100 Å². The summed E-state index contributed by atoms with van der Waals surface area (Å²) >= 11 is 0. The summed E-state index contributed by atoms with van der Waals surface area (Å²) in [6, 6.07) is 60.8. The lowest BCUT2D eigenvalue weighted by atomic mass is 9.83. The molecule has 0 spiro atoms. The first-order chi connectivity index (χ1) is 32.1. The van der Waals surface area contributed by atoms with Crippen molar-refractivity contribution in [1.82, 2.24) is 0 Å². The first kappa shape index (κ1) is 43.2. The third-order valence-electron chi connectivity index (χ3n) is 13.0. The maximum absolute atomic E-state index is 6.36. The minimum atomic E-state index is 0.655. The monoisotopic (exact) mass is 852 g/mol. The van der Waals surface area contributed by atoms with E-state index in [2.05, 4.69) is 208 Å². The van der Waals surface area contributed by atoms with Crippen LogP contribution in [0.3, 0.4) is 0 Å². The molecule has 0 bridgehead atoms. The van der Waals surface area contributed by atoms with Crippen LogP contribution in [0.25, 0.3) is 66.8 Å². The molecule has 0 fully saturated rings. The summed E-state index contributed by atoms with van der Waals surface area (Å²) in [7, 11) is 0. The Balaban J connectivity index is 0.000000164. The standard InChI is InChI=1S/C31H30O2.C30H30N2/c1-3-24-26(22-12-7-5-8-13-22)16-18-28-30(24)31-25(4-2)27(23-14-9-6-10-15-23)17-19-29(31)33-21-11-20-32-28;1-3-23-25(21-11-7-5-8-12-21)15-17-27-29(23)30-24(4-2)26(22-13-9-6-10-14-22)16-18-28(30)32-20-19-31-27/h5-10,12-19H,3-4,11,20-21H2,1-2H3;5-18,31-32H,3-4,19-20H2,1-2H3. The van der Waals surface area contributed by atoms with Crippen LogP contribution in [-0.4, -0.2) is 26.3 Å². The van der Waals surface area contributed by atoms with E-state index in [0.29, 0.717) is 13.2 Å². The van der Waals surface area contributed by atoms with Crippen LogP contribution >= 0.6 is 0 Å². The predicted molar refractivity (Wildman–Crippen MR) is 276 cm³/mol. The Morgan fingerprint density at radius 1 is 0.338 bits per heavy atom. The van der Waals surface area contributed by atoms with E-state index in [-0.39, 0.29) is 0 Å². The van der Waals surface area contributed by atoms with Crippen molar-refractivity contribution >= 4 is 11.4 Å². The molecule has 2 aliphatic rings. The number of hydrogen-bond donors (Lipinski definition) is 2. The first-order valence-corrected chi connectivity index (χ1v) is 23.7. The molecule has 65 heavy (non-hydrogen) atoms. The van der Waals surface area contributed by atoms with Gasteiger partial charge in [-0.05, 0) is 117 Å². The highest BCUT2D eigenvalue weighted by Gasteiger charge is 2.26. The average molecular weight is 853 g/mol. The van der Waals surface area contributed by atoms with E-state index in [1.54, 1.807) is 0 Å². The van der Waals surface area contributed by atoms with E-state index in [0.717, 1.165) is 56.7 Å². The SMILES string of the molecule is CCc1c(-c2ccccc2)ccc2c1-c1c(ccc(-c3ccccc3)c1CC)NCCN2.CCc1c(-c2ccccc2)ccc2c1-c1c(ccc(-c3ccccc3)c1CC)OCCCO2. The molecular formula is C61H60N2O2. The van der Waals surface area contributed by atoms with Crippen LogP contribution in [0.1, 0.15) is 56.4 Å². The zero-order valence-electron chi connectivity index (χ0n) is 38.3. The summed E-state index contributed by atoms with van der Waals surface area (Å²) in [5.41, 5.74) is 23.2. The molecule has 2 N–H and O–H groups in total. The molecule has 326 valence electrons. The van der Waals surface area contributed by atoms with Crippen molar-refractivity contribution in [2.45, 2.75) is 59.8 Å². The number of anilines is 2. The van der Waals surface area contributed by atoms with Gasteiger partial charge in [0.15, 0.2) is 0 Å². The van der Waals surface area contributed by atoms with Crippen molar-refractivity contribution in [2.24, 2.45) is 0 Å². The second-order valence-electron chi connectivity index (χ2n) is 16.7. The second-order valence-corrected chi connectivity index (χ2v) is 16.7. The van der Waals surface area contributed by atoms with E-state index in [9.17, 15) is 0 Å². The molecule has 2 aliphatic heterocycles. The van der Waals surface area contributed by atoms with Crippen molar-refractivity contribution < 1.29 is 9.47 Å². The van der Waals surface area contributed by atoms with Gasteiger partial charge in [-0.25, -0.2) is 0 Å². The zero-order valence-corrected chi connectivity index (χ0v) is 38.3. The van der Waals surface area contributed by atoms with E-state index in [4.69, 9.17) is 9.47 Å². The van der Waals surface area contributed by atoms with Crippen LogP contribution in [-0.2, 0) is 25.7 Å². The average Bonchev–Trinajstić information content (AvgIpc) is 3.46. The maximum Gasteiger partial charge on any atom is 0.127 e. The van der Waals surface area contributed by atoms with Gasteiger partial charge in [-0.1, -0.05) is 173 Å². The number of benzene rings is 8. The summed E-state index contributed by atoms with van der Waals surface area (Å²) in [6.45, 7) is 12.2. The van der Waals surface area contributed by atoms with Gasteiger partial charge in [0, 0.05) is 53.1 Å². The highest BCUT2D eigenvalue weighted by molar-refractivity contribution is 5.97. The molecule has 0 radical (unpaired) electrons. The normalized spacial score (nSPS) is 12.7. The van der Waals surface area contributed by atoms with E-state index in [1.807, 2.05) is 0 Å². The number of ether oxygens (including phenoxy) is 2. The molecule has 0 atom stereocenters. The van der Waals surface area contributed by atoms with Gasteiger partial charge in [0.2, 0.25) is 0 Å². The van der Waals surface area contributed by atoms with Crippen LogP contribution in [0.2, 0.25) is 0 Å². The third-order valence-corrected chi connectivity index (χ3v) is 13.0. The molecule has 10 rings (SSSR count). The highest BCUT2D eigenvalue weighted by Crippen LogP contribution is 2.49. The van der Waals surface area contributed by atoms with Crippen LogP contribution in [0.15, 0.2) is 170 Å². The van der Waals surface area contributed by atoms with Crippen molar-refractivity contribution in [1.29, 1.82) is 0 Å². The second kappa shape index (κ2) is 20.2. The molecule has 2 heterocycles. The number of rotatable bonds is 8. The van der Waals surface area contributed by atoms with Crippen LogP contribution in [0.5, 0.6) is 11.5 Å². The molecule has 0 unspecified atom stereocenters. The lowest BCUT2D eigenvalue weighted by molar-refractivity contribution is 0.252. The van der Waals surface area contributed by atoms with Gasteiger partial charge in [0.1, 0.15) is 11.5 Å². The topological polar surface area (TPSA) is 42.5 Å². The van der Waals surface area contributed by atoms with Gasteiger partial charge in [-0.3, -0.25) is 0 Å². The Labute approximate surface area is 386 Å². The zero-order chi connectivity index (χ0) is 44.5. The molecular weight excluding hydrogens is 793 g/mol. The van der Waals surface area contributed by atoms with Crippen molar-refractivity contribution in [2.75, 3.05) is 36.9 Å².